The van der Waals surface area contributed by atoms with Gasteiger partial charge in [0.05, 0.1) is 22.4 Å². The molecular formula is C54H40N3P. The molecule has 4 heteroatoms. The van der Waals surface area contributed by atoms with Crippen LogP contribution in [-0.4, -0.2) is 4.57 Å². The van der Waals surface area contributed by atoms with Gasteiger partial charge in [-0.2, -0.15) is 0 Å². The maximum atomic E-state index is 2.56. The molecule has 0 saturated heterocycles. The van der Waals surface area contributed by atoms with Crippen LogP contribution in [0, 0.1) is 0 Å². The normalized spacial score (nSPS) is 14.9. The number of aromatic nitrogens is 1. The highest BCUT2D eigenvalue weighted by molar-refractivity contribution is 7.70. The summed E-state index contributed by atoms with van der Waals surface area (Å²) in [4.78, 5) is 0. The van der Waals surface area contributed by atoms with Crippen molar-refractivity contribution in [1.29, 1.82) is 0 Å². The molecule has 58 heavy (non-hydrogen) atoms. The molecule has 0 saturated carbocycles. The van der Waals surface area contributed by atoms with Crippen LogP contribution in [0.2, 0.25) is 0 Å². The van der Waals surface area contributed by atoms with E-state index in [0.717, 1.165) is 18.5 Å². The maximum absolute atomic E-state index is 2.56. The molecule has 0 radical (unpaired) electrons. The van der Waals surface area contributed by atoms with E-state index >= 15 is 0 Å². The number of benzene rings is 8. The molecule has 0 bridgehead atoms. The molecule has 8 aromatic carbocycles. The van der Waals surface area contributed by atoms with Crippen LogP contribution in [-0.2, 0) is 0 Å². The van der Waals surface area contributed by atoms with E-state index in [4.69, 9.17) is 0 Å². The zero-order chi connectivity index (χ0) is 38.4. The third-order valence-electron chi connectivity index (χ3n) is 11.5. The Morgan fingerprint density at radius 3 is 1.53 bits per heavy atom. The van der Waals surface area contributed by atoms with Crippen LogP contribution < -0.4 is 14.6 Å². The lowest BCUT2D eigenvalue weighted by molar-refractivity contribution is 1.04. The Balaban J connectivity index is 1.03. The van der Waals surface area contributed by atoms with Gasteiger partial charge in [0, 0.05) is 33.1 Å². The number of hydrogen-bond donors (Lipinski definition) is 0. The first-order chi connectivity index (χ1) is 28.8. The van der Waals surface area contributed by atoms with Crippen molar-refractivity contribution in [2.45, 2.75) is 12.8 Å². The van der Waals surface area contributed by atoms with E-state index in [-0.39, 0.29) is 0 Å². The van der Waals surface area contributed by atoms with Crippen molar-refractivity contribution in [3.63, 3.8) is 0 Å². The van der Waals surface area contributed by atoms with E-state index < -0.39 is 8.22 Å². The SMILES string of the molecule is C1=CC(c2ccc3c(c2)c2cc(-c4ccccc4)ccc2n3-c2ccc(-c3ccc4c(c3)N(c3ccccc3)P(c3ccccc3)N4c3ccccc3)cc2)=CCC1. The van der Waals surface area contributed by atoms with Gasteiger partial charge in [0.15, 0.2) is 0 Å². The quantitative estimate of drug-likeness (QED) is 0.150. The highest BCUT2D eigenvalue weighted by atomic mass is 31.1. The first-order valence-corrected chi connectivity index (χ1v) is 21.3. The standard InChI is InChI=1S/C54H40N3P/c1-6-16-39(17-7-1)42-28-33-51-49(36-42)50-37-43(40-18-8-2-9-19-40)29-34-52(50)55(51)45-31-26-41(27-32-45)44-30-35-53-54(38-44)57(47-22-12-4-13-23-47)58(48-24-14-5-15-25-48)56(53)46-20-10-3-11-21-46/h1,3-8,10-38H,2,9H2. The third-order valence-corrected chi connectivity index (χ3v) is 13.9. The Labute approximate surface area is 340 Å². The second-order valence-electron chi connectivity index (χ2n) is 15.0. The molecular weight excluding hydrogens is 722 g/mol. The van der Waals surface area contributed by atoms with Crippen molar-refractivity contribution in [2.75, 3.05) is 9.34 Å². The van der Waals surface area contributed by atoms with Gasteiger partial charge >= 0.3 is 0 Å². The van der Waals surface area contributed by atoms with Crippen LogP contribution in [0.5, 0.6) is 0 Å². The second kappa shape index (κ2) is 14.5. The molecule has 9 aromatic rings. The van der Waals surface area contributed by atoms with E-state index in [1.165, 1.54) is 83.3 Å². The zero-order valence-electron chi connectivity index (χ0n) is 32.0. The number of anilines is 4. The molecule has 2 aliphatic rings. The van der Waals surface area contributed by atoms with Crippen molar-refractivity contribution in [3.05, 3.63) is 224 Å². The van der Waals surface area contributed by atoms with Crippen LogP contribution in [0.15, 0.2) is 218 Å². The Bertz CT molecular complexity index is 2990. The molecule has 1 unspecified atom stereocenters. The van der Waals surface area contributed by atoms with Gasteiger partial charge < -0.3 is 4.57 Å². The van der Waals surface area contributed by atoms with E-state index in [9.17, 15) is 0 Å². The van der Waals surface area contributed by atoms with Crippen LogP contribution in [0.1, 0.15) is 18.4 Å². The predicted octanol–water partition coefficient (Wildman–Crippen LogP) is 14.8. The summed E-state index contributed by atoms with van der Waals surface area (Å²) >= 11 is 0. The summed E-state index contributed by atoms with van der Waals surface area (Å²) in [5.74, 6) is 0. The number of para-hydroxylation sites is 2. The molecule has 0 fully saturated rings. The summed E-state index contributed by atoms with van der Waals surface area (Å²) in [5, 5.41) is 3.83. The predicted molar refractivity (Wildman–Crippen MR) is 248 cm³/mol. The minimum Gasteiger partial charge on any atom is -0.309 e. The van der Waals surface area contributed by atoms with Crippen molar-refractivity contribution in [2.24, 2.45) is 0 Å². The number of allylic oxidation sites excluding steroid dienone is 4. The fourth-order valence-corrected chi connectivity index (χ4v) is 11.2. The van der Waals surface area contributed by atoms with Crippen molar-refractivity contribution >= 4 is 63.7 Å². The summed E-state index contributed by atoms with van der Waals surface area (Å²) in [6.45, 7) is 0. The summed E-state index contributed by atoms with van der Waals surface area (Å²) in [7, 11) is -0.960. The van der Waals surface area contributed by atoms with Gasteiger partial charge in [0.2, 0.25) is 0 Å². The van der Waals surface area contributed by atoms with Crippen LogP contribution in [0.25, 0.3) is 55.3 Å². The van der Waals surface area contributed by atoms with Gasteiger partial charge in [0.25, 0.3) is 0 Å². The fraction of sp³-hybridized carbons (Fsp3) is 0.0370. The minimum absolute atomic E-state index is 0.960. The largest absolute Gasteiger partial charge is 0.309 e. The van der Waals surface area contributed by atoms with Gasteiger partial charge in [0.1, 0.15) is 8.22 Å². The summed E-state index contributed by atoms with van der Waals surface area (Å²) < 4.78 is 7.53. The zero-order valence-corrected chi connectivity index (χ0v) is 32.9. The van der Waals surface area contributed by atoms with Gasteiger partial charge in [-0.15, -0.1) is 0 Å². The van der Waals surface area contributed by atoms with Crippen LogP contribution in [0.4, 0.5) is 22.7 Å². The van der Waals surface area contributed by atoms with Gasteiger partial charge in [-0.1, -0.05) is 146 Å². The van der Waals surface area contributed by atoms with Gasteiger partial charge in [-0.25, -0.2) is 0 Å². The topological polar surface area (TPSA) is 11.4 Å². The molecule has 0 spiro atoms. The summed E-state index contributed by atoms with van der Waals surface area (Å²) in [5.41, 5.74) is 15.8. The first-order valence-electron chi connectivity index (χ1n) is 20.1. The Morgan fingerprint density at radius 2 is 0.897 bits per heavy atom. The molecule has 1 aliphatic carbocycles. The average Bonchev–Trinajstić information content (AvgIpc) is 3.83. The summed E-state index contributed by atoms with van der Waals surface area (Å²) in [6, 6.07) is 73.4. The Morgan fingerprint density at radius 1 is 0.379 bits per heavy atom. The highest BCUT2D eigenvalue weighted by Crippen LogP contribution is 2.65. The molecule has 1 aromatic heterocycles. The average molecular weight is 762 g/mol. The molecule has 0 N–H and O–H groups in total. The number of rotatable bonds is 7. The lowest BCUT2D eigenvalue weighted by Crippen LogP contribution is -2.21. The summed E-state index contributed by atoms with van der Waals surface area (Å²) in [6.07, 6.45) is 9.14. The third kappa shape index (κ3) is 5.95. The Kier molecular flexibility index (Phi) is 8.60. The molecule has 1 aliphatic heterocycles. The van der Waals surface area contributed by atoms with Gasteiger partial charge in [-0.3, -0.25) is 9.34 Å². The van der Waals surface area contributed by atoms with E-state index in [1.54, 1.807) is 0 Å². The fourth-order valence-electron chi connectivity index (χ4n) is 8.69. The van der Waals surface area contributed by atoms with Crippen molar-refractivity contribution < 1.29 is 0 Å². The second-order valence-corrected chi connectivity index (χ2v) is 16.9. The molecule has 3 nitrogen and oxygen atoms in total. The van der Waals surface area contributed by atoms with Gasteiger partial charge in [-0.05, 0) is 119 Å². The monoisotopic (exact) mass is 761 g/mol. The Hall–Kier alpha value is -6.93. The lowest BCUT2D eigenvalue weighted by atomic mass is 9.97. The maximum Gasteiger partial charge on any atom is 0.138 e. The molecule has 2 heterocycles. The van der Waals surface area contributed by atoms with Crippen molar-refractivity contribution in [1.82, 2.24) is 4.57 Å². The van der Waals surface area contributed by atoms with E-state index in [1.807, 2.05) is 0 Å². The lowest BCUT2D eigenvalue weighted by Gasteiger charge is -2.32. The minimum atomic E-state index is -0.960. The van der Waals surface area contributed by atoms with E-state index in [2.05, 4.69) is 232 Å². The number of nitrogens with zero attached hydrogens (tertiary/aromatic N) is 3. The van der Waals surface area contributed by atoms with Crippen LogP contribution in [0.3, 0.4) is 0 Å². The smallest absolute Gasteiger partial charge is 0.138 e. The highest BCUT2D eigenvalue weighted by Gasteiger charge is 2.39. The van der Waals surface area contributed by atoms with Crippen molar-refractivity contribution in [3.8, 4) is 27.9 Å². The first kappa shape index (κ1) is 34.3. The molecule has 1 atom stereocenters. The van der Waals surface area contributed by atoms with E-state index in [0.29, 0.717) is 0 Å². The molecule has 276 valence electrons. The number of hydrogen-bond acceptors (Lipinski definition) is 2. The molecule has 11 rings (SSSR count). The number of fused-ring (bicyclic) bond motifs is 4. The molecule has 0 amide bonds. The van der Waals surface area contributed by atoms with Crippen LogP contribution >= 0.6 is 8.22 Å².